The van der Waals surface area contributed by atoms with Crippen LogP contribution in [0.1, 0.15) is 57.0 Å². The van der Waals surface area contributed by atoms with Gasteiger partial charge in [-0.2, -0.15) is 0 Å². The molecule has 10 nitrogen and oxygen atoms in total. The van der Waals surface area contributed by atoms with Gasteiger partial charge in [-0.05, 0) is 64.2 Å². The van der Waals surface area contributed by atoms with Crippen molar-refractivity contribution in [3.63, 3.8) is 0 Å². The zero-order valence-corrected chi connectivity index (χ0v) is 23.1. The van der Waals surface area contributed by atoms with E-state index < -0.39 is 53.1 Å². The van der Waals surface area contributed by atoms with Crippen LogP contribution in [0.5, 0.6) is 0 Å². The number of amides is 1. The van der Waals surface area contributed by atoms with Crippen LogP contribution in [0.3, 0.4) is 0 Å². The van der Waals surface area contributed by atoms with E-state index in [0.717, 1.165) is 18.8 Å². The van der Waals surface area contributed by atoms with Crippen LogP contribution < -0.4 is 11.1 Å². The minimum absolute atomic E-state index is 0.259. The molecule has 0 bridgehead atoms. The Morgan fingerprint density at radius 3 is 2.38 bits per heavy atom. The number of likely N-dealkylation sites (tertiary alicyclic amines) is 1. The predicted octanol–water partition coefficient (Wildman–Crippen LogP) is 1.59. The lowest BCUT2D eigenvalue weighted by Crippen LogP contribution is -2.65. The molecule has 12 heteroatoms. The molecule has 2 aliphatic heterocycles. The molecule has 0 spiro atoms. The number of aliphatic hydroxyl groups excluding tert-OH is 3. The van der Waals surface area contributed by atoms with Crippen molar-refractivity contribution in [3.05, 3.63) is 22.1 Å². The summed E-state index contributed by atoms with van der Waals surface area (Å²) in [6.07, 6.45) is 2.78. The summed E-state index contributed by atoms with van der Waals surface area (Å²) in [4.78, 5) is 27.4. The number of hydrogen-bond acceptors (Lipinski definition) is 10. The highest BCUT2D eigenvalue weighted by molar-refractivity contribution is 7.99. The SMILES string of the molecule is CS[C@H]1O[C@H]([C@H](NC(=O)C2CCC(CC3CC3)CCN2Cc2oc(=O)oc2C)[C@H](C)Cl)[C@H](O)[C@H](O)[C@H]1O. The number of halogens is 1. The fraction of sp³-hybridized carbons (Fsp3) is 0.840. The Hall–Kier alpha value is -1.08. The first-order chi connectivity index (χ1) is 17.6. The van der Waals surface area contributed by atoms with Crippen molar-refractivity contribution in [2.24, 2.45) is 11.8 Å². The Morgan fingerprint density at radius 1 is 1.11 bits per heavy atom. The fourth-order valence-corrected chi connectivity index (χ4v) is 6.44. The molecule has 4 N–H and O–H groups in total. The number of nitrogens with zero attached hydrogens (tertiary/aromatic N) is 1. The van der Waals surface area contributed by atoms with Crippen LogP contribution in [-0.4, -0.2) is 86.2 Å². The number of aryl methyl sites for hydroxylation is 1. The minimum atomic E-state index is -1.43. The van der Waals surface area contributed by atoms with Gasteiger partial charge >= 0.3 is 5.82 Å². The molecule has 210 valence electrons. The van der Waals surface area contributed by atoms with E-state index in [0.29, 0.717) is 30.4 Å². The van der Waals surface area contributed by atoms with Gasteiger partial charge in [-0.1, -0.05) is 12.8 Å². The van der Waals surface area contributed by atoms with Crippen LogP contribution in [-0.2, 0) is 16.1 Å². The molecular formula is C25H39ClN2O8S. The number of carbonyl (C=O) groups is 1. The Kier molecular flexibility index (Phi) is 9.69. The van der Waals surface area contributed by atoms with E-state index in [2.05, 4.69) is 5.32 Å². The quantitative estimate of drug-likeness (QED) is 0.327. The Morgan fingerprint density at radius 2 is 1.78 bits per heavy atom. The molecule has 2 saturated heterocycles. The number of aliphatic hydroxyl groups is 3. The van der Waals surface area contributed by atoms with Gasteiger partial charge in [0, 0.05) is 0 Å². The highest BCUT2D eigenvalue weighted by atomic mass is 35.5. The smallest absolute Gasteiger partial charge is 0.396 e. The second-order valence-corrected chi connectivity index (χ2v) is 12.3. The number of hydrogen-bond donors (Lipinski definition) is 4. The maximum atomic E-state index is 13.8. The van der Waals surface area contributed by atoms with Crippen molar-refractivity contribution in [1.82, 2.24) is 10.2 Å². The summed E-state index contributed by atoms with van der Waals surface area (Å²) in [5, 5.41) is 33.7. The molecule has 2 unspecified atom stereocenters. The van der Waals surface area contributed by atoms with Crippen molar-refractivity contribution in [3.8, 4) is 0 Å². The summed E-state index contributed by atoms with van der Waals surface area (Å²) in [5.41, 5.74) is -0.775. The Labute approximate surface area is 226 Å². The number of rotatable bonds is 9. The molecule has 1 aliphatic carbocycles. The zero-order chi connectivity index (χ0) is 26.9. The summed E-state index contributed by atoms with van der Waals surface area (Å²) in [6.45, 7) is 4.27. The van der Waals surface area contributed by atoms with Gasteiger partial charge < -0.3 is 34.2 Å². The molecule has 9 atom stereocenters. The van der Waals surface area contributed by atoms with Gasteiger partial charge in [0.05, 0.1) is 24.0 Å². The Balaban J connectivity index is 1.52. The van der Waals surface area contributed by atoms with Gasteiger partial charge in [-0.25, -0.2) is 4.79 Å². The van der Waals surface area contributed by atoms with E-state index in [4.69, 9.17) is 25.2 Å². The normalized spacial score (nSPS) is 35.1. The topological polar surface area (TPSA) is 146 Å². The maximum absolute atomic E-state index is 13.8. The first-order valence-corrected chi connectivity index (χ1v) is 14.8. The fourth-order valence-electron chi connectivity index (χ4n) is 5.56. The van der Waals surface area contributed by atoms with Gasteiger partial charge in [-0.15, -0.1) is 23.4 Å². The van der Waals surface area contributed by atoms with Gasteiger partial charge in [0.25, 0.3) is 0 Å². The average Bonchev–Trinajstić information content (AvgIpc) is 3.64. The second-order valence-electron chi connectivity index (χ2n) is 10.7. The average molecular weight is 563 g/mol. The van der Waals surface area contributed by atoms with Crippen molar-refractivity contribution in [2.75, 3.05) is 12.8 Å². The van der Waals surface area contributed by atoms with Gasteiger partial charge in [0.1, 0.15) is 35.6 Å². The molecule has 1 aromatic heterocycles. The van der Waals surface area contributed by atoms with E-state index in [9.17, 15) is 24.9 Å². The zero-order valence-electron chi connectivity index (χ0n) is 21.5. The van der Waals surface area contributed by atoms with Gasteiger partial charge in [0.15, 0.2) is 5.76 Å². The van der Waals surface area contributed by atoms with E-state index in [1.807, 2.05) is 4.90 Å². The van der Waals surface area contributed by atoms with Crippen LogP contribution >= 0.6 is 23.4 Å². The van der Waals surface area contributed by atoms with E-state index in [-0.39, 0.29) is 12.5 Å². The molecule has 0 aromatic carbocycles. The molecule has 37 heavy (non-hydrogen) atoms. The molecule has 0 radical (unpaired) electrons. The molecule has 1 saturated carbocycles. The van der Waals surface area contributed by atoms with Gasteiger partial charge in [-0.3, -0.25) is 9.69 Å². The second kappa shape index (κ2) is 12.4. The predicted molar refractivity (Wildman–Crippen MR) is 138 cm³/mol. The maximum Gasteiger partial charge on any atom is 0.519 e. The lowest BCUT2D eigenvalue weighted by atomic mass is 9.92. The van der Waals surface area contributed by atoms with Crippen molar-refractivity contribution >= 4 is 29.3 Å². The third-order valence-electron chi connectivity index (χ3n) is 7.96. The van der Waals surface area contributed by atoms with Crippen molar-refractivity contribution in [1.29, 1.82) is 0 Å². The number of carbonyl (C=O) groups excluding carboxylic acids is 1. The van der Waals surface area contributed by atoms with E-state index in [1.54, 1.807) is 20.1 Å². The highest BCUT2D eigenvalue weighted by Gasteiger charge is 2.48. The molecular weight excluding hydrogens is 524 g/mol. The first kappa shape index (κ1) is 28.9. The largest absolute Gasteiger partial charge is 0.519 e. The molecule has 4 rings (SSSR count). The standard InChI is InChI=1S/C25H39ClN2O8S/c1-12(26)18(22-20(30)19(29)21(31)24(36-22)37-3)27-23(32)16-7-6-15(10-14-4-5-14)8-9-28(16)11-17-13(2)34-25(33)35-17/h12,14-16,18-22,24,29-31H,4-11H2,1-3H3,(H,27,32)/t12-,15?,16?,18+,19-,20+,21+,22+,24+/m0/s1. The first-order valence-electron chi connectivity index (χ1n) is 13.1. The van der Waals surface area contributed by atoms with Crippen molar-refractivity contribution in [2.45, 2.75) is 106 Å². The van der Waals surface area contributed by atoms with Crippen LogP contribution in [0.25, 0.3) is 0 Å². The summed E-state index contributed by atoms with van der Waals surface area (Å²) in [7, 11) is 0. The molecule has 1 amide bonds. The van der Waals surface area contributed by atoms with Crippen LogP contribution in [0.4, 0.5) is 0 Å². The number of nitrogens with one attached hydrogen (secondary N) is 1. The summed E-state index contributed by atoms with van der Waals surface area (Å²) < 4.78 is 16.2. The lowest BCUT2D eigenvalue weighted by Gasteiger charge is -2.44. The van der Waals surface area contributed by atoms with Gasteiger partial charge in [0.2, 0.25) is 5.91 Å². The van der Waals surface area contributed by atoms with E-state index in [1.165, 1.54) is 31.0 Å². The third kappa shape index (κ3) is 6.93. The van der Waals surface area contributed by atoms with Crippen molar-refractivity contribution < 1.29 is 33.7 Å². The molecule has 3 aliphatic rings. The van der Waals surface area contributed by atoms with Crippen LogP contribution in [0.2, 0.25) is 0 Å². The summed E-state index contributed by atoms with van der Waals surface area (Å²) in [6, 6.07) is -1.34. The Bertz CT molecular complexity index is 967. The molecule has 1 aromatic rings. The van der Waals surface area contributed by atoms with Crippen LogP contribution in [0, 0.1) is 18.8 Å². The lowest BCUT2D eigenvalue weighted by molar-refractivity contribution is -0.205. The third-order valence-corrected chi connectivity index (χ3v) is 9.08. The minimum Gasteiger partial charge on any atom is -0.396 e. The molecule has 3 heterocycles. The number of alkyl halides is 1. The monoisotopic (exact) mass is 562 g/mol. The summed E-state index contributed by atoms with van der Waals surface area (Å²) >= 11 is 7.68. The van der Waals surface area contributed by atoms with Crippen LogP contribution in [0.15, 0.2) is 13.6 Å². The number of ether oxygens (including phenoxy) is 1. The summed E-state index contributed by atoms with van der Waals surface area (Å²) in [5.74, 6) is 1.07. The van der Waals surface area contributed by atoms with E-state index >= 15 is 0 Å². The molecule has 3 fully saturated rings. The number of thioether (sulfide) groups is 1. The highest BCUT2D eigenvalue weighted by Crippen LogP contribution is 2.39.